The zero-order valence-electron chi connectivity index (χ0n) is 11.4. The molecule has 104 valence electrons. The Morgan fingerprint density at radius 2 is 2.21 bits per heavy atom. The quantitative estimate of drug-likeness (QED) is 0.908. The maximum absolute atomic E-state index is 6.19. The number of rotatable bonds is 3. The van der Waals surface area contributed by atoms with E-state index < -0.39 is 0 Å². The highest BCUT2D eigenvalue weighted by molar-refractivity contribution is 5.30. The lowest BCUT2D eigenvalue weighted by atomic mass is 10.1. The summed E-state index contributed by atoms with van der Waals surface area (Å²) < 4.78 is 17.7. The van der Waals surface area contributed by atoms with Crippen molar-refractivity contribution >= 4 is 0 Å². The van der Waals surface area contributed by atoms with Gasteiger partial charge in [0.05, 0.1) is 13.2 Å². The summed E-state index contributed by atoms with van der Waals surface area (Å²) in [5.74, 6) is 0.534. The van der Waals surface area contributed by atoms with Gasteiger partial charge in [-0.05, 0) is 24.6 Å². The molecule has 1 aromatic carbocycles. The van der Waals surface area contributed by atoms with Crippen LogP contribution in [0.4, 0.5) is 0 Å². The first-order chi connectivity index (χ1) is 9.31. The lowest BCUT2D eigenvalue weighted by Crippen LogP contribution is -2.42. The molecular formula is C15H21NO3. The third kappa shape index (κ3) is 2.76. The molecule has 2 aliphatic rings. The molecule has 0 bridgehead atoms. The van der Waals surface area contributed by atoms with Gasteiger partial charge in [-0.2, -0.15) is 0 Å². The summed E-state index contributed by atoms with van der Waals surface area (Å²) in [5, 5.41) is 3.34. The summed E-state index contributed by atoms with van der Waals surface area (Å²) in [7, 11) is 0. The summed E-state index contributed by atoms with van der Waals surface area (Å²) in [6.45, 7) is 5.24. The first-order valence-corrected chi connectivity index (χ1v) is 7.07. The van der Waals surface area contributed by atoms with Crippen LogP contribution in [0.2, 0.25) is 0 Å². The van der Waals surface area contributed by atoms with Gasteiger partial charge in [0.25, 0.3) is 0 Å². The van der Waals surface area contributed by atoms with Gasteiger partial charge in [-0.25, -0.2) is 0 Å². The highest BCUT2D eigenvalue weighted by atomic mass is 16.7. The van der Waals surface area contributed by atoms with E-state index in [1.54, 1.807) is 0 Å². The van der Waals surface area contributed by atoms with Crippen LogP contribution < -0.4 is 10.1 Å². The molecule has 19 heavy (non-hydrogen) atoms. The number of nitrogens with one attached hydrogen (secondary N) is 1. The first-order valence-electron chi connectivity index (χ1n) is 7.07. The molecule has 0 aliphatic carbocycles. The molecule has 4 nitrogen and oxygen atoms in total. The molecule has 0 amide bonds. The van der Waals surface area contributed by atoms with E-state index in [1.165, 1.54) is 0 Å². The average Bonchev–Trinajstić information content (AvgIpc) is 2.84. The Morgan fingerprint density at radius 1 is 1.37 bits per heavy atom. The molecule has 2 fully saturated rings. The largest absolute Gasteiger partial charge is 0.494 e. The number of benzene rings is 1. The summed E-state index contributed by atoms with van der Waals surface area (Å²) in [6.07, 6.45) is 1.88. The van der Waals surface area contributed by atoms with Crippen molar-refractivity contribution in [3.05, 3.63) is 29.8 Å². The number of hydrogen-bond acceptors (Lipinski definition) is 4. The van der Waals surface area contributed by atoms with Crippen molar-refractivity contribution in [3.8, 4) is 5.75 Å². The van der Waals surface area contributed by atoms with E-state index in [0.717, 1.165) is 37.2 Å². The fourth-order valence-corrected chi connectivity index (χ4v) is 2.76. The molecule has 3 rings (SSSR count). The summed E-state index contributed by atoms with van der Waals surface area (Å²) in [5.41, 5.74) is 1.14. The number of piperidine rings is 1. The fraction of sp³-hybridized carbons (Fsp3) is 0.600. The minimum absolute atomic E-state index is 0.0264. The van der Waals surface area contributed by atoms with Crippen LogP contribution in [0.15, 0.2) is 24.3 Å². The fourth-order valence-electron chi connectivity index (χ4n) is 2.76. The van der Waals surface area contributed by atoms with Crippen LogP contribution in [0.5, 0.6) is 5.75 Å². The van der Waals surface area contributed by atoms with Crippen molar-refractivity contribution in [1.82, 2.24) is 5.32 Å². The van der Waals surface area contributed by atoms with Crippen LogP contribution in [0.3, 0.4) is 0 Å². The van der Waals surface area contributed by atoms with Gasteiger partial charge in [0.2, 0.25) is 0 Å². The molecule has 0 aromatic heterocycles. The zero-order chi connectivity index (χ0) is 13.1. The summed E-state index contributed by atoms with van der Waals surface area (Å²) >= 11 is 0. The van der Waals surface area contributed by atoms with E-state index in [0.29, 0.717) is 13.2 Å². The second-order valence-electron chi connectivity index (χ2n) is 5.08. The Morgan fingerprint density at radius 3 is 3.00 bits per heavy atom. The Bertz CT molecular complexity index is 429. The number of hydrogen-bond donors (Lipinski definition) is 1. The van der Waals surface area contributed by atoms with Crippen LogP contribution in [0.1, 0.15) is 31.4 Å². The van der Waals surface area contributed by atoms with Crippen molar-refractivity contribution < 1.29 is 14.2 Å². The van der Waals surface area contributed by atoms with Gasteiger partial charge in [-0.15, -0.1) is 0 Å². The predicted octanol–water partition coefficient (Wildman–Crippen LogP) is 2.25. The third-order valence-electron chi connectivity index (χ3n) is 3.76. The third-order valence-corrected chi connectivity index (χ3v) is 3.76. The molecule has 1 spiro atoms. The van der Waals surface area contributed by atoms with Gasteiger partial charge < -0.3 is 19.5 Å². The normalized spacial score (nSPS) is 25.6. The van der Waals surface area contributed by atoms with Crippen molar-refractivity contribution in [2.24, 2.45) is 0 Å². The van der Waals surface area contributed by atoms with E-state index in [1.807, 2.05) is 19.1 Å². The van der Waals surface area contributed by atoms with Crippen molar-refractivity contribution in [1.29, 1.82) is 0 Å². The SMILES string of the molecule is CCOc1cccc(C2COC3(CCNCC3)O2)c1. The highest BCUT2D eigenvalue weighted by Crippen LogP contribution is 2.39. The monoisotopic (exact) mass is 263 g/mol. The molecule has 1 atom stereocenters. The zero-order valence-corrected chi connectivity index (χ0v) is 11.4. The van der Waals surface area contributed by atoms with Gasteiger partial charge >= 0.3 is 0 Å². The summed E-state index contributed by atoms with van der Waals surface area (Å²) in [4.78, 5) is 0. The molecule has 1 unspecified atom stereocenters. The molecule has 4 heteroatoms. The lowest BCUT2D eigenvalue weighted by molar-refractivity contribution is -0.183. The Labute approximate surface area is 114 Å². The van der Waals surface area contributed by atoms with E-state index in [4.69, 9.17) is 14.2 Å². The molecule has 0 radical (unpaired) electrons. The molecular weight excluding hydrogens is 242 g/mol. The van der Waals surface area contributed by atoms with Gasteiger partial charge in [0.1, 0.15) is 11.9 Å². The van der Waals surface area contributed by atoms with E-state index in [-0.39, 0.29) is 11.9 Å². The van der Waals surface area contributed by atoms with Crippen molar-refractivity contribution in [2.45, 2.75) is 31.7 Å². The Kier molecular flexibility index (Phi) is 3.73. The minimum Gasteiger partial charge on any atom is -0.494 e. The van der Waals surface area contributed by atoms with Crippen molar-refractivity contribution in [3.63, 3.8) is 0 Å². The molecule has 2 heterocycles. The minimum atomic E-state index is -0.364. The lowest BCUT2D eigenvalue weighted by Gasteiger charge is -2.32. The maximum atomic E-state index is 6.19. The van der Waals surface area contributed by atoms with Gasteiger partial charge in [-0.1, -0.05) is 12.1 Å². The maximum Gasteiger partial charge on any atom is 0.171 e. The summed E-state index contributed by atoms with van der Waals surface area (Å²) in [6, 6.07) is 8.12. The van der Waals surface area contributed by atoms with E-state index in [9.17, 15) is 0 Å². The van der Waals surface area contributed by atoms with Gasteiger partial charge in [0, 0.05) is 25.9 Å². The van der Waals surface area contributed by atoms with E-state index in [2.05, 4.69) is 17.4 Å². The molecule has 2 aliphatic heterocycles. The molecule has 1 N–H and O–H groups in total. The first kappa shape index (κ1) is 12.9. The molecule has 2 saturated heterocycles. The highest BCUT2D eigenvalue weighted by Gasteiger charge is 2.42. The smallest absolute Gasteiger partial charge is 0.171 e. The van der Waals surface area contributed by atoms with Crippen molar-refractivity contribution in [2.75, 3.05) is 26.3 Å². The Balaban J connectivity index is 1.71. The molecule has 1 aromatic rings. The second-order valence-corrected chi connectivity index (χ2v) is 5.08. The van der Waals surface area contributed by atoms with Gasteiger partial charge in [0.15, 0.2) is 5.79 Å². The van der Waals surface area contributed by atoms with Gasteiger partial charge in [-0.3, -0.25) is 0 Å². The van der Waals surface area contributed by atoms with Crippen LogP contribution in [0.25, 0.3) is 0 Å². The Hall–Kier alpha value is -1.10. The second kappa shape index (κ2) is 5.49. The van der Waals surface area contributed by atoms with E-state index >= 15 is 0 Å². The van der Waals surface area contributed by atoms with Crippen LogP contribution in [0, 0.1) is 0 Å². The predicted molar refractivity (Wildman–Crippen MR) is 72.2 cm³/mol. The van der Waals surface area contributed by atoms with Crippen LogP contribution in [-0.2, 0) is 9.47 Å². The van der Waals surface area contributed by atoms with Crippen LogP contribution >= 0.6 is 0 Å². The standard InChI is InChI=1S/C15H21NO3/c1-2-17-13-5-3-4-12(10-13)14-11-18-15(19-14)6-8-16-9-7-15/h3-5,10,14,16H,2,6-9,11H2,1H3. The number of ether oxygens (including phenoxy) is 3. The molecule has 0 saturated carbocycles. The van der Waals surface area contributed by atoms with Crippen LogP contribution in [-0.4, -0.2) is 32.1 Å². The topological polar surface area (TPSA) is 39.7 Å². The average molecular weight is 263 g/mol.